The maximum absolute atomic E-state index is 13.4. The summed E-state index contributed by atoms with van der Waals surface area (Å²) < 4.78 is 34.4. The first-order valence-corrected chi connectivity index (χ1v) is 15.5. The number of piperidine rings is 1. The van der Waals surface area contributed by atoms with Crippen molar-refractivity contribution in [3.05, 3.63) is 65.7 Å². The topological polar surface area (TPSA) is 88.2 Å². The smallest absolute Gasteiger partial charge is 0.214 e. The Morgan fingerprint density at radius 3 is 2.63 bits per heavy atom. The maximum atomic E-state index is 13.4. The van der Waals surface area contributed by atoms with Gasteiger partial charge in [-0.1, -0.05) is 11.6 Å². The van der Waals surface area contributed by atoms with Crippen LogP contribution in [0.2, 0.25) is 5.02 Å². The molecule has 38 heavy (non-hydrogen) atoms. The average molecular weight is 553 g/mol. The van der Waals surface area contributed by atoms with Crippen molar-refractivity contribution in [2.24, 2.45) is 11.8 Å². The van der Waals surface area contributed by atoms with Crippen LogP contribution in [0.5, 0.6) is 5.75 Å². The summed E-state index contributed by atoms with van der Waals surface area (Å²) in [4.78, 5) is 12.5. The molecule has 2 fully saturated rings. The van der Waals surface area contributed by atoms with Crippen LogP contribution in [0.15, 0.2) is 55.0 Å². The molecule has 1 aliphatic heterocycles. The van der Waals surface area contributed by atoms with Crippen LogP contribution < -0.4 is 4.74 Å². The number of sulfonamides is 1. The number of hydrogen-bond donors (Lipinski definition) is 1. The number of fused-ring (bicyclic) bond motifs is 3. The minimum Gasteiger partial charge on any atom is -0.493 e. The van der Waals surface area contributed by atoms with E-state index in [0.29, 0.717) is 30.6 Å². The van der Waals surface area contributed by atoms with Crippen LogP contribution in [0.4, 0.5) is 0 Å². The third-order valence-corrected chi connectivity index (χ3v) is 10.5. The molecule has 4 heterocycles. The highest BCUT2D eigenvalue weighted by molar-refractivity contribution is 7.89. The number of nitrogens with one attached hydrogen (secondary N) is 1. The van der Waals surface area contributed by atoms with Crippen molar-refractivity contribution in [3.63, 3.8) is 0 Å². The van der Waals surface area contributed by atoms with Crippen LogP contribution >= 0.6 is 11.6 Å². The molecule has 0 spiro atoms. The molecule has 0 radical (unpaired) electrons. The molecule has 200 valence electrons. The largest absolute Gasteiger partial charge is 0.493 e. The Balaban J connectivity index is 1.07. The number of aromatic nitrogens is 3. The predicted molar refractivity (Wildman–Crippen MR) is 151 cm³/mol. The van der Waals surface area contributed by atoms with Crippen molar-refractivity contribution < 1.29 is 13.2 Å². The van der Waals surface area contributed by atoms with Crippen molar-refractivity contribution in [2.45, 2.75) is 44.4 Å². The molecule has 1 aromatic carbocycles. The van der Waals surface area contributed by atoms with E-state index < -0.39 is 10.0 Å². The minimum absolute atomic E-state index is 0.186. The highest BCUT2D eigenvalue weighted by Gasteiger charge is 2.33. The number of H-pyrrole nitrogens is 1. The zero-order valence-corrected chi connectivity index (χ0v) is 22.9. The number of halogens is 1. The molecule has 0 amide bonds. The van der Waals surface area contributed by atoms with Crippen LogP contribution in [-0.2, 0) is 10.0 Å². The Labute approximate surface area is 228 Å². The summed E-state index contributed by atoms with van der Waals surface area (Å²) in [5.41, 5.74) is 2.00. The Morgan fingerprint density at radius 1 is 1.00 bits per heavy atom. The van der Waals surface area contributed by atoms with E-state index in [-0.39, 0.29) is 17.6 Å². The summed E-state index contributed by atoms with van der Waals surface area (Å²) >= 11 is 5.95. The zero-order valence-electron chi connectivity index (χ0n) is 21.4. The van der Waals surface area contributed by atoms with E-state index in [2.05, 4.69) is 16.0 Å². The molecular formula is C29H33ClN4O3S. The van der Waals surface area contributed by atoms with E-state index >= 15 is 0 Å². The summed E-state index contributed by atoms with van der Waals surface area (Å²) in [7, 11) is -3.31. The number of pyridine rings is 2. The fraction of sp³-hybridized carbons (Fsp3) is 0.448. The molecule has 1 saturated carbocycles. The van der Waals surface area contributed by atoms with Gasteiger partial charge >= 0.3 is 0 Å². The molecule has 1 unspecified atom stereocenters. The number of ether oxygens (including phenoxy) is 1. The SMILES string of the molecule is O=S(=O)(CC1CCC(c2nccc3cnc4[nH]ccc4c23)CC1)N1CCCC(COc2ccc(Cl)cc2)C1. The molecule has 2 aliphatic rings. The van der Waals surface area contributed by atoms with Gasteiger partial charge in [0.1, 0.15) is 11.4 Å². The molecule has 4 aromatic rings. The number of aromatic amines is 1. The number of hydrogen-bond acceptors (Lipinski definition) is 5. The average Bonchev–Trinajstić information content (AvgIpc) is 3.42. The summed E-state index contributed by atoms with van der Waals surface area (Å²) in [6, 6.07) is 11.4. The zero-order chi connectivity index (χ0) is 26.1. The van der Waals surface area contributed by atoms with Gasteiger partial charge in [0.2, 0.25) is 10.0 Å². The van der Waals surface area contributed by atoms with Crippen molar-refractivity contribution in [1.82, 2.24) is 19.3 Å². The standard InChI is InChI=1S/C29H33ClN4O3S/c30-24-7-9-25(10-8-24)37-18-21-2-1-15-34(17-21)38(35,36)19-20-3-5-22(6-4-20)28-27-23(11-13-31-28)16-33-29-26(27)12-14-32-29/h7-14,16,20-22H,1-6,15,17-19H2,(H,32,33). The van der Waals surface area contributed by atoms with E-state index in [4.69, 9.17) is 21.3 Å². The Bertz CT molecular complexity index is 1510. The third-order valence-electron chi connectivity index (χ3n) is 8.19. The molecule has 9 heteroatoms. The first-order valence-electron chi connectivity index (χ1n) is 13.5. The van der Waals surface area contributed by atoms with Gasteiger partial charge in [-0.05, 0) is 80.8 Å². The van der Waals surface area contributed by atoms with Crippen LogP contribution in [0, 0.1) is 11.8 Å². The number of benzene rings is 1. The second-order valence-corrected chi connectivity index (χ2v) is 13.2. The number of rotatable bonds is 7. The lowest BCUT2D eigenvalue weighted by molar-refractivity contribution is 0.179. The summed E-state index contributed by atoms with van der Waals surface area (Å²) in [5.74, 6) is 1.72. The van der Waals surface area contributed by atoms with Gasteiger partial charge in [-0.15, -0.1) is 0 Å². The monoisotopic (exact) mass is 552 g/mol. The second-order valence-electron chi connectivity index (χ2n) is 10.8. The van der Waals surface area contributed by atoms with Crippen molar-refractivity contribution in [2.75, 3.05) is 25.4 Å². The maximum Gasteiger partial charge on any atom is 0.214 e. The lowest BCUT2D eigenvalue weighted by Crippen LogP contribution is -2.43. The third kappa shape index (κ3) is 5.40. The van der Waals surface area contributed by atoms with Gasteiger partial charge in [-0.25, -0.2) is 17.7 Å². The Hall–Kier alpha value is -2.68. The van der Waals surface area contributed by atoms with Gasteiger partial charge in [-0.3, -0.25) is 4.98 Å². The van der Waals surface area contributed by atoms with Crippen molar-refractivity contribution in [1.29, 1.82) is 0 Å². The van der Waals surface area contributed by atoms with Crippen LogP contribution in [0.1, 0.15) is 50.1 Å². The van der Waals surface area contributed by atoms with Gasteiger partial charge in [0, 0.05) is 64.7 Å². The molecular weight excluding hydrogens is 520 g/mol. The molecule has 1 aliphatic carbocycles. The molecule has 1 N–H and O–H groups in total. The Morgan fingerprint density at radius 2 is 1.82 bits per heavy atom. The van der Waals surface area contributed by atoms with Crippen LogP contribution in [0.3, 0.4) is 0 Å². The molecule has 7 nitrogen and oxygen atoms in total. The first-order chi connectivity index (χ1) is 18.5. The summed E-state index contributed by atoms with van der Waals surface area (Å²) in [5, 5.41) is 4.06. The van der Waals surface area contributed by atoms with E-state index in [1.54, 1.807) is 16.4 Å². The van der Waals surface area contributed by atoms with Crippen LogP contribution in [-0.4, -0.2) is 53.1 Å². The highest BCUT2D eigenvalue weighted by Crippen LogP contribution is 2.40. The summed E-state index contributed by atoms with van der Waals surface area (Å²) in [6.45, 7) is 1.66. The lowest BCUT2D eigenvalue weighted by Gasteiger charge is -2.34. The van der Waals surface area contributed by atoms with E-state index in [0.717, 1.165) is 66.4 Å². The molecule has 1 atom stereocenters. The van der Waals surface area contributed by atoms with Gasteiger partial charge in [0.25, 0.3) is 0 Å². The predicted octanol–water partition coefficient (Wildman–Crippen LogP) is 6.16. The quantitative estimate of drug-likeness (QED) is 0.297. The normalized spacial score (nSPS) is 23.1. The van der Waals surface area contributed by atoms with E-state index in [9.17, 15) is 8.42 Å². The second kappa shape index (κ2) is 10.8. The summed E-state index contributed by atoms with van der Waals surface area (Å²) in [6.07, 6.45) is 11.3. The fourth-order valence-corrected chi connectivity index (χ4v) is 8.28. The first kappa shape index (κ1) is 25.6. The highest BCUT2D eigenvalue weighted by atomic mass is 35.5. The Kier molecular flexibility index (Phi) is 7.29. The van der Waals surface area contributed by atoms with Gasteiger partial charge in [0.15, 0.2) is 0 Å². The van der Waals surface area contributed by atoms with Gasteiger partial charge in [0.05, 0.1) is 18.1 Å². The molecule has 0 bridgehead atoms. The van der Waals surface area contributed by atoms with Crippen molar-refractivity contribution in [3.8, 4) is 5.75 Å². The molecule has 6 rings (SSSR count). The van der Waals surface area contributed by atoms with E-state index in [1.807, 2.05) is 36.8 Å². The fourth-order valence-electron chi connectivity index (χ4n) is 6.17. The van der Waals surface area contributed by atoms with Crippen molar-refractivity contribution >= 4 is 43.4 Å². The van der Waals surface area contributed by atoms with Gasteiger partial charge in [-0.2, -0.15) is 0 Å². The molecule has 3 aromatic heterocycles. The van der Waals surface area contributed by atoms with E-state index in [1.165, 1.54) is 5.39 Å². The lowest BCUT2D eigenvalue weighted by atomic mass is 9.80. The van der Waals surface area contributed by atoms with Crippen LogP contribution in [0.25, 0.3) is 21.8 Å². The minimum atomic E-state index is -3.31. The van der Waals surface area contributed by atoms with Gasteiger partial charge < -0.3 is 9.72 Å². The number of nitrogens with zero attached hydrogens (tertiary/aromatic N) is 3. The molecule has 1 saturated heterocycles.